The Labute approximate surface area is 212 Å². The van der Waals surface area contributed by atoms with E-state index in [0.717, 1.165) is 37.2 Å². The third-order valence-electron chi connectivity index (χ3n) is 5.78. The van der Waals surface area contributed by atoms with Crippen molar-refractivity contribution in [1.29, 1.82) is 0 Å². The topological polar surface area (TPSA) is 103 Å². The number of Topliss-reactive ketones (excluding diaryl/α,β-unsaturated/α-hetero) is 1. The highest BCUT2D eigenvalue weighted by molar-refractivity contribution is 5.97. The molecule has 0 saturated carbocycles. The lowest BCUT2D eigenvalue weighted by Crippen LogP contribution is -2.43. The second-order valence-electron chi connectivity index (χ2n) is 8.80. The Kier molecular flexibility index (Phi) is 11.0. The van der Waals surface area contributed by atoms with Gasteiger partial charge >= 0.3 is 18.2 Å². The van der Waals surface area contributed by atoms with Crippen LogP contribution in [0.3, 0.4) is 0 Å². The van der Waals surface area contributed by atoms with Gasteiger partial charge in [-0.3, -0.25) is 14.7 Å². The molecule has 0 spiro atoms. The van der Waals surface area contributed by atoms with E-state index >= 15 is 0 Å². The lowest BCUT2D eigenvalue weighted by atomic mass is 9.96. The van der Waals surface area contributed by atoms with Gasteiger partial charge in [0.2, 0.25) is 0 Å². The number of nitrogens with zero attached hydrogens (tertiary/aromatic N) is 3. The van der Waals surface area contributed by atoms with Gasteiger partial charge in [0.05, 0.1) is 6.54 Å². The average molecular weight is 527 g/mol. The molecule has 0 bridgehead atoms. The van der Waals surface area contributed by atoms with E-state index in [4.69, 9.17) is 9.90 Å². The van der Waals surface area contributed by atoms with Gasteiger partial charge in [-0.2, -0.15) is 13.2 Å². The number of ketones is 1. The van der Waals surface area contributed by atoms with Crippen LogP contribution in [-0.4, -0.2) is 77.1 Å². The number of carboxylic acid groups (broad SMARTS) is 1. The van der Waals surface area contributed by atoms with Gasteiger partial charge in [0.1, 0.15) is 5.82 Å². The van der Waals surface area contributed by atoms with E-state index in [1.807, 2.05) is 26.1 Å². The first kappa shape index (κ1) is 29.7. The first-order valence-electron chi connectivity index (χ1n) is 11.6. The quantitative estimate of drug-likeness (QED) is 0.419. The van der Waals surface area contributed by atoms with Crippen molar-refractivity contribution in [3.8, 4) is 0 Å². The van der Waals surface area contributed by atoms with Gasteiger partial charge in [-0.05, 0) is 74.7 Å². The van der Waals surface area contributed by atoms with Gasteiger partial charge in [0.25, 0.3) is 0 Å². The minimum Gasteiger partial charge on any atom is -0.475 e. The standard InChI is InChI=1S/C23H29FN4O2.C2HF3O2/c1-17-3-4-19(13-25-17)14-26-23(30)27(2)15-18-9-11-28(12-10-18)16-22(29)20-5-7-21(24)8-6-20;3-2(4,5)1(6)7/h3-8,13,18H,9-12,14-16H2,1-2H3,(H,26,30);(H,6,7). The highest BCUT2D eigenvalue weighted by Crippen LogP contribution is 2.19. The molecule has 0 unspecified atom stereocenters. The van der Waals surface area contributed by atoms with E-state index in [1.54, 1.807) is 11.1 Å². The van der Waals surface area contributed by atoms with E-state index in [-0.39, 0.29) is 17.6 Å². The molecule has 1 aliphatic rings. The van der Waals surface area contributed by atoms with Crippen LogP contribution in [0.5, 0.6) is 0 Å². The van der Waals surface area contributed by atoms with Crippen molar-refractivity contribution in [3.63, 3.8) is 0 Å². The van der Waals surface area contributed by atoms with Gasteiger partial charge in [0.15, 0.2) is 5.78 Å². The molecule has 3 rings (SSSR count). The Morgan fingerprint density at radius 3 is 2.22 bits per heavy atom. The fourth-order valence-electron chi connectivity index (χ4n) is 3.64. The number of nitrogens with one attached hydrogen (secondary N) is 1. The Balaban J connectivity index is 0.000000604. The average Bonchev–Trinajstić information content (AvgIpc) is 2.85. The molecule has 0 aliphatic carbocycles. The van der Waals surface area contributed by atoms with Gasteiger partial charge in [-0.1, -0.05) is 6.07 Å². The number of pyridine rings is 1. The van der Waals surface area contributed by atoms with Crippen LogP contribution >= 0.6 is 0 Å². The molecule has 1 aliphatic heterocycles. The molecule has 1 saturated heterocycles. The summed E-state index contributed by atoms with van der Waals surface area (Å²) in [5.74, 6) is -2.67. The van der Waals surface area contributed by atoms with Crippen LogP contribution in [0.15, 0.2) is 42.6 Å². The molecule has 0 atom stereocenters. The number of alkyl halides is 3. The number of carboxylic acids is 1. The number of aryl methyl sites for hydroxylation is 1. The van der Waals surface area contributed by atoms with Crippen LogP contribution in [0.2, 0.25) is 0 Å². The number of halogens is 4. The molecular weight excluding hydrogens is 496 g/mol. The molecule has 1 aromatic heterocycles. The van der Waals surface area contributed by atoms with Crippen LogP contribution in [0, 0.1) is 18.7 Å². The summed E-state index contributed by atoms with van der Waals surface area (Å²) in [6.07, 6.45) is -1.43. The third-order valence-corrected chi connectivity index (χ3v) is 5.78. The summed E-state index contributed by atoms with van der Waals surface area (Å²) >= 11 is 0. The number of carbonyl (C=O) groups excluding carboxylic acids is 2. The minimum atomic E-state index is -5.08. The van der Waals surface area contributed by atoms with Crippen molar-refractivity contribution in [3.05, 3.63) is 65.2 Å². The highest BCUT2D eigenvalue weighted by atomic mass is 19.4. The molecule has 2 N–H and O–H groups in total. The van der Waals surface area contributed by atoms with Crippen molar-refractivity contribution < 1.29 is 37.1 Å². The summed E-state index contributed by atoms with van der Waals surface area (Å²) in [6, 6.07) is 9.50. The number of amides is 2. The fraction of sp³-hybridized carbons (Fsp3) is 0.440. The summed E-state index contributed by atoms with van der Waals surface area (Å²) in [7, 11) is 1.81. The fourth-order valence-corrected chi connectivity index (χ4v) is 3.64. The summed E-state index contributed by atoms with van der Waals surface area (Å²) in [4.78, 5) is 41.7. The number of piperidine rings is 1. The predicted molar refractivity (Wildman–Crippen MR) is 127 cm³/mol. The van der Waals surface area contributed by atoms with Crippen LogP contribution in [0.25, 0.3) is 0 Å². The number of carbonyl (C=O) groups is 3. The molecular formula is C25H30F4N4O4. The number of aromatic nitrogens is 1. The molecule has 2 heterocycles. The maximum atomic E-state index is 13.0. The van der Waals surface area contributed by atoms with Gasteiger partial charge in [-0.15, -0.1) is 0 Å². The normalized spacial score (nSPS) is 14.3. The number of hydrogen-bond acceptors (Lipinski definition) is 5. The Morgan fingerprint density at radius 2 is 1.70 bits per heavy atom. The van der Waals surface area contributed by atoms with E-state index in [1.165, 1.54) is 24.3 Å². The molecule has 0 radical (unpaired) electrons. The molecule has 2 aromatic rings. The maximum absolute atomic E-state index is 13.0. The Bertz CT molecular complexity index is 1040. The number of rotatable bonds is 7. The predicted octanol–water partition coefficient (Wildman–Crippen LogP) is 3.90. The summed E-state index contributed by atoms with van der Waals surface area (Å²) in [6.45, 7) is 5.07. The lowest BCUT2D eigenvalue weighted by Gasteiger charge is -2.33. The first-order chi connectivity index (χ1) is 17.3. The van der Waals surface area contributed by atoms with E-state index < -0.39 is 12.1 Å². The minimum absolute atomic E-state index is 0.00976. The molecule has 37 heavy (non-hydrogen) atoms. The van der Waals surface area contributed by atoms with Crippen molar-refractivity contribution in [2.24, 2.45) is 5.92 Å². The second kappa shape index (κ2) is 13.7. The molecule has 2 amide bonds. The zero-order valence-electron chi connectivity index (χ0n) is 20.6. The summed E-state index contributed by atoms with van der Waals surface area (Å²) < 4.78 is 44.7. The van der Waals surface area contributed by atoms with E-state index in [0.29, 0.717) is 31.1 Å². The van der Waals surface area contributed by atoms with Crippen LogP contribution < -0.4 is 5.32 Å². The zero-order valence-corrected chi connectivity index (χ0v) is 20.6. The molecule has 12 heteroatoms. The van der Waals surface area contributed by atoms with Crippen LogP contribution in [0.1, 0.15) is 34.5 Å². The van der Waals surface area contributed by atoms with Crippen molar-refractivity contribution in [2.75, 3.05) is 33.2 Å². The highest BCUT2D eigenvalue weighted by Gasteiger charge is 2.38. The number of aliphatic carboxylic acids is 1. The number of hydrogen-bond donors (Lipinski definition) is 2. The van der Waals surface area contributed by atoms with Gasteiger partial charge in [0, 0.05) is 37.6 Å². The molecule has 8 nitrogen and oxygen atoms in total. The van der Waals surface area contributed by atoms with Crippen molar-refractivity contribution in [2.45, 2.75) is 32.5 Å². The number of benzene rings is 1. The monoisotopic (exact) mass is 526 g/mol. The van der Waals surface area contributed by atoms with Crippen molar-refractivity contribution >= 4 is 17.8 Å². The first-order valence-corrected chi connectivity index (χ1v) is 11.6. The van der Waals surface area contributed by atoms with Crippen molar-refractivity contribution in [1.82, 2.24) is 20.1 Å². The second-order valence-corrected chi connectivity index (χ2v) is 8.80. The maximum Gasteiger partial charge on any atom is 0.490 e. The number of likely N-dealkylation sites (tertiary alicyclic amines) is 1. The van der Waals surface area contributed by atoms with E-state index in [9.17, 15) is 27.2 Å². The smallest absolute Gasteiger partial charge is 0.475 e. The third kappa shape index (κ3) is 10.5. The number of urea groups is 1. The van der Waals surface area contributed by atoms with Crippen LogP contribution in [0.4, 0.5) is 22.4 Å². The molecule has 202 valence electrons. The van der Waals surface area contributed by atoms with E-state index in [2.05, 4.69) is 15.2 Å². The lowest BCUT2D eigenvalue weighted by molar-refractivity contribution is -0.192. The Hall–Kier alpha value is -3.54. The van der Waals surface area contributed by atoms with Gasteiger partial charge in [-0.25, -0.2) is 14.0 Å². The molecule has 1 aromatic carbocycles. The zero-order chi connectivity index (χ0) is 27.6. The Morgan fingerprint density at radius 1 is 1.11 bits per heavy atom. The largest absolute Gasteiger partial charge is 0.490 e. The van der Waals surface area contributed by atoms with Gasteiger partial charge < -0.3 is 15.3 Å². The summed E-state index contributed by atoms with van der Waals surface area (Å²) in [5.41, 5.74) is 2.47. The summed E-state index contributed by atoms with van der Waals surface area (Å²) in [5, 5.41) is 10.1. The molecule has 1 fully saturated rings. The SMILES string of the molecule is Cc1ccc(CNC(=O)N(C)CC2CCN(CC(=O)c3ccc(F)cc3)CC2)cn1.O=C(O)C(F)(F)F. The van der Waals surface area contributed by atoms with Crippen LogP contribution in [-0.2, 0) is 11.3 Å².